The second kappa shape index (κ2) is 5.69. The van der Waals surface area contributed by atoms with Gasteiger partial charge in [0, 0.05) is 22.0 Å². The minimum Gasteiger partial charge on any atom is -0.497 e. The van der Waals surface area contributed by atoms with E-state index in [0.717, 1.165) is 27.8 Å². The second-order valence-electron chi connectivity index (χ2n) is 3.94. The van der Waals surface area contributed by atoms with Crippen molar-refractivity contribution in [2.75, 3.05) is 18.6 Å². The Balaban J connectivity index is 2.10. The van der Waals surface area contributed by atoms with E-state index in [4.69, 9.17) is 16.2 Å². The van der Waals surface area contributed by atoms with Crippen LogP contribution in [0.3, 0.4) is 0 Å². The summed E-state index contributed by atoms with van der Waals surface area (Å²) in [7, 11) is 1.65. The van der Waals surface area contributed by atoms with Gasteiger partial charge in [-0.1, -0.05) is 12.1 Å². The van der Waals surface area contributed by atoms with Gasteiger partial charge in [-0.2, -0.15) is 0 Å². The van der Waals surface area contributed by atoms with Gasteiger partial charge in [-0.05, 0) is 35.9 Å². The third-order valence-electron chi connectivity index (χ3n) is 2.57. The van der Waals surface area contributed by atoms with Crippen LogP contribution in [0.1, 0.15) is 5.56 Å². The van der Waals surface area contributed by atoms with Gasteiger partial charge in [0.05, 0.1) is 7.11 Å². The van der Waals surface area contributed by atoms with Crippen molar-refractivity contribution in [3.63, 3.8) is 0 Å². The second-order valence-corrected chi connectivity index (χ2v) is 4.95. The molecule has 3 nitrogen and oxygen atoms in total. The molecule has 4 heteroatoms. The first-order valence-corrected chi connectivity index (χ1v) is 6.58. The zero-order valence-electron chi connectivity index (χ0n) is 10.2. The lowest BCUT2D eigenvalue weighted by atomic mass is 10.2. The van der Waals surface area contributed by atoms with E-state index in [2.05, 4.69) is 6.07 Å². The van der Waals surface area contributed by atoms with Gasteiger partial charge in [-0.25, -0.2) is 0 Å². The minimum atomic E-state index is 0.768. The predicted molar refractivity (Wildman–Crippen MR) is 77.8 cm³/mol. The summed E-state index contributed by atoms with van der Waals surface area (Å²) < 4.78 is 5.19. The molecule has 0 saturated heterocycles. The Labute approximate surface area is 111 Å². The number of thioether (sulfide) groups is 1. The van der Waals surface area contributed by atoms with Crippen LogP contribution in [0.5, 0.6) is 5.75 Å². The molecule has 18 heavy (non-hydrogen) atoms. The third-order valence-corrected chi connectivity index (χ3v) is 3.71. The first-order valence-electron chi connectivity index (χ1n) is 5.60. The topological polar surface area (TPSA) is 61.3 Å². The van der Waals surface area contributed by atoms with Crippen LogP contribution in [0.25, 0.3) is 0 Å². The van der Waals surface area contributed by atoms with Crippen LogP contribution in [-0.2, 0) is 5.75 Å². The lowest BCUT2D eigenvalue weighted by Crippen LogP contribution is -1.91. The third kappa shape index (κ3) is 3.11. The van der Waals surface area contributed by atoms with Gasteiger partial charge in [-0.3, -0.25) is 0 Å². The highest BCUT2D eigenvalue weighted by Crippen LogP contribution is 2.31. The first-order chi connectivity index (χ1) is 8.69. The van der Waals surface area contributed by atoms with Gasteiger partial charge in [0.15, 0.2) is 0 Å². The standard InChI is InChI=1S/C14H16N2OS/c1-17-12-5-6-13(16)14(8-12)18-9-10-3-2-4-11(15)7-10/h2-8H,9,15-16H2,1H3. The van der Waals surface area contributed by atoms with E-state index in [9.17, 15) is 0 Å². The molecule has 2 rings (SSSR count). The molecular weight excluding hydrogens is 244 g/mol. The summed E-state index contributed by atoms with van der Waals surface area (Å²) in [5.41, 5.74) is 14.4. The molecule has 0 aliphatic heterocycles. The molecule has 0 radical (unpaired) electrons. The van der Waals surface area contributed by atoms with Gasteiger partial charge in [0.1, 0.15) is 5.75 Å². The van der Waals surface area contributed by atoms with Gasteiger partial charge >= 0.3 is 0 Å². The Hall–Kier alpha value is -1.81. The highest BCUT2D eigenvalue weighted by molar-refractivity contribution is 7.98. The molecular formula is C14H16N2OS. The lowest BCUT2D eigenvalue weighted by Gasteiger charge is -2.08. The van der Waals surface area contributed by atoms with Crippen molar-refractivity contribution >= 4 is 23.1 Å². The highest BCUT2D eigenvalue weighted by Gasteiger charge is 2.03. The zero-order chi connectivity index (χ0) is 13.0. The summed E-state index contributed by atoms with van der Waals surface area (Å²) in [5, 5.41) is 0. The van der Waals surface area contributed by atoms with Gasteiger partial charge in [0.25, 0.3) is 0 Å². The Kier molecular flexibility index (Phi) is 3.99. The average molecular weight is 260 g/mol. The summed E-state index contributed by atoms with van der Waals surface area (Å²) in [5.74, 6) is 1.65. The maximum atomic E-state index is 5.94. The van der Waals surface area contributed by atoms with Gasteiger partial charge < -0.3 is 16.2 Å². The number of methoxy groups -OCH3 is 1. The molecule has 4 N–H and O–H groups in total. The summed E-state index contributed by atoms with van der Waals surface area (Å²) in [6.07, 6.45) is 0. The van der Waals surface area contributed by atoms with Crippen LogP contribution in [0.4, 0.5) is 11.4 Å². The quantitative estimate of drug-likeness (QED) is 0.655. The Bertz CT molecular complexity index is 543. The monoisotopic (exact) mass is 260 g/mol. The molecule has 0 heterocycles. The van der Waals surface area contributed by atoms with E-state index in [-0.39, 0.29) is 0 Å². The Morgan fingerprint density at radius 1 is 1.11 bits per heavy atom. The molecule has 0 bridgehead atoms. The van der Waals surface area contributed by atoms with Crippen molar-refractivity contribution in [2.45, 2.75) is 10.6 Å². The van der Waals surface area contributed by atoms with Crippen molar-refractivity contribution in [1.29, 1.82) is 0 Å². The molecule has 0 aliphatic rings. The normalized spacial score (nSPS) is 10.3. The van der Waals surface area contributed by atoms with Crippen molar-refractivity contribution in [1.82, 2.24) is 0 Å². The molecule has 2 aromatic rings. The van der Waals surface area contributed by atoms with E-state index < -0.39 is 0 Å². The number of hydrogen-bond acceptors (Lipinski definition) is 4. The molecule has 94 valence electrons. The number of ether oxygens (including phenoxy) is 1. The fourth-order valence-electron chi connectivity index (χ4n) is 1.61. The van der Waals surface area contributed by atoms with Crippen LogP contribution >= 0.6 is 11.8 Å². The van der Waals surface area contributed by atoms with Crippen LogP contribution in [0.15, 0.2) is 47.4 Å². The minimum absolute atomic E-state index is 0.768. The fourth-order valence-corrected chi connectivity index (χ4v) is 2.55. The largest absolute Gasteiger partial charge is 0.497 e. The molecule has 0 saturated carbocycles. The number of rotatable bonds is 4. The fraction of sp³-hybridized carbons (Fsp3) is 0.143. The molecule has 0 atom stereocenters. The van der Waals surface area contributed by atoms with Crippen LogP contribution in [0, 0.1) is 0 Å². The van der Waals surface area contributed by atoms with Crippen molar-refractivity contribution in [3.8, 4) is 5.75 Å². The molecule has 2 aromatic carbocycles. The molecule has 0 unspecified atom stereocenters. The lowest BCUT2D eigenvalue weighted by molar-refractivity contribution is 0.414. The van der Waals surface area contributed by atoms with E-state index in [1.807, 2.05) is 36.4 Å². The molecule has 0 aliphatic carbocycles. The van der Waals surface area contributed by atoms with Crippen LogP contribution in [0.2, 0.25) is 0 Å². The number of anilines is 2. The zero-order valence-corrected chi connectivity index (χ0v) is 11.0. The molecule has 0 amide bonds. The van der Waals surface area contributed by atoms with E-state index >= 15 is 0 Å². The summed E-state index contributed by atoms with van der Waals surface area (Å²) >= 11 is 1.68. The van der Waals surface area contributed by atoms with Crippen LogP contribution < -0.4 is 16.2 Å². The van der Waals surface area contributed by atoms with Gasteiger partial charge in [0.2, 0.25) is 0 Å². The Morgan fingerprint density at radius 3 is 2.67 bits per heavy atom. The maximum absolute atomic E-state index is 5.94. The summed E-state index contributed by atoms with van der Waals surface area (Å²) in [4.78, 5) is 1.02. The first kappa shape index (κ1) is 12.6. The smallest absolute Gasteiger partial charge is 0.120 e. The van der Waals surface area contributed by atoms with Crippen molar-refractivity contribution in [2.24, 2.45) is 0 Å². The van der Waals surface area contributed by atoms with Crippen molar-refractivity contribution < 1.29 is 4.74 Å². The number of benzene rings is 2. The van der Waals surface area contributed by atoms with E-state index in [1.54, 1.807) is 18.9 Å². The average Bonchev–Trinajstić information content (AvgIpc) is 2.38. The molecule has 0 spiro atoms. The number of hydrogen-bond donors (Lipinski definition) is 2. The predicted octanol–water partition coefficient (Wildman–Crippen LogP) is 3.15. The van der Waals surface area contributed by atoms with E-state index in [0.29, 0.717) is 0 Å². The summed E-state index contributed by atoms with van der Waals surface area (Å²) in [6.45, 7) is 0. The van der Waals surface area contributed by atoms with Crippen LogP contribution in [-0.4, -0.2) is 7.11 Å². The number of nitrogen functional groups attached to an aromatic ring is 2. The van der Waals surface area contributed by atoms with Crippen molar-refractivity contribution in [3.05, 3.63) is 48.0 Å². The van der Waals surface area contributed by atoms with E-state index in [1.165, 1.54) is 5.56 Å². The summed E-state index contributed by atoms with van der Waals surface area (Å²) in [6, 6.07) is 13.5. The molecule has 0 fully saturated rings. The van der Waals surface area contributed by atoms with Gasteiger partial charge in [-0.15, -0.1) is 11.8 Å². The SMILES string of the molecule is COc1ccc(N)c(SCc2cccc(N)c2)c1. The number of nitrogens with two attached hydrogens (primary N) is 2. The highest BCUT2D eigenvalue weighted by atomic mass is 32.2. The molecule has 0 aromatic heterocycles. The maximum Gasteiger partial charge on any atom is 0.120 e. The Morgan fingerprint density at radius 2 is 1.94 bits per heavy atom.